The van der Waals surface area contributed by atoms with Crippen molar-refractivity contribution >= 4 is 32.7 Å². The van der Waals surface area contributed by atoms with Gasteiger partial charge in [-0.25, -0.2) is 0 Å². The lowest BCUT2D eigenvalue weighted by Crippen LogP contribution is -2.29. The summed E-state index contributed by atoms with van der Waals surface area (Å²) in [7, 11) is 0. The molecule has 5 rings (SSSR count). The predicted molar refractivity (Wildman–Crippen MR) is 103 cm³/mol. The molecule has 1 N–H and O–H groups in total. The second-order valence-corrected chi connectivity index (χ2v) is 7.56. The third-order valence-corrected chi connectivity index (χ3v) is 5.43. The van der Waals surface area contributed by atoms with Crippen LogP contribution in [0.3, 0.4) is 0 Å². The second-order valence-electron chi connectivity index (χ2n) is 6.65. The maximum atomic E-state index is 12.9. The Kier molecular flexibility index (Phi) is 3.72. The van der Waals surface area contributed by atoms with Gasteiger partial charge in [0.05, 0.1) is 5.52 Å². The van der Waals surface area contributed by atoms with Crippen molar-refractivity contribution in [3.8, 4) is 11.5 Å². The number of pyridine rings is 1. The molecule has 2 aliphatic heterocycles. The van der Waals surface area contributed by atoms with E-state index in [0.717, 1.165) is 34.1 Å². The average molecular weight is 427 g/mol. The van der Waals surface area contributed by atoms with Gasteiger partial charge >= 0.3 is 0 Å². The number of hydrogen-bond acceptors (Lipinski definition) is 4. The molecule has 0 aliphatic carbocycles. The van der Waals surface area contributed by atoms with Gasteiger partial charge in [-0.3, -0.25) is 9.59 Å². The lowest BCUT2D eigenvalue weighted by Gasteiger charge is -2.10. The molecule has 3 aromatic rings. The number of hydrogen-bond donors (Lipinski definition) is 1. The Hall–Kier alpha value is -2.80. The molecule has 2 aliphatic rings. The molecule has 0 saturated carbocycles. The van der Waals surface area contributed by atoms with Crippen LogP contribution in [0.1, 0.15) is 21.5 Å². The normalized spacial score (nSPS) is 14.0. The number of ether oxygens (including phenoxy) is 2. The molecule has 0 saturated heterocycles. The number of nitrogens with zero attached hydrogens (tertiary/aromatic N) is 1. The van der Waals surface area contributed by atoms with Crippen molar-refractivity contribution in [1.82, 2.24) is 9.88 Å². The van der Waals surface area contributed by atoms with Crippen LogP contribution < -0.4 is 20.2 Å². The van der Waals surface area contributed by atoms with Crippen LogP contribution in [0.25, 0.3) is 10.9 Å². The van der Waals surface area contributed by atoms with Crippen molar-refractivity contribution in [3.63, 3.8) is 0 Å². The van der Waals surface area contributed by atoms with Crippen LogP contribution in [0.4, 0.5) is 0 Å². The Morgan fingerprint density at radius 1 is 1.19 bits per heavy atom. The lowest BCUT2D eigenvalue weighted by molar-refractivity contribution is 0.0949. The van der Waals surface area contributed by atoms with E-state index in [0.29, 0.717) is 23.4 Å². The SMILES string of the molecule is O=C(NCc1ccc2c(c1)OCO2)c1cn2c3c(cc(Br)cc3c1=O)CC2. The zero-order chi connectivity index (χ0) is 18.5. The minimum Gasteiger partial charge on any atom is -0.454 e. The molecule has 1 aromatic heterocycles. The van der Waals surface area contributed by atoms with Crippen LogP contribution in [0.5, 0.6) is 11.5 Å². The first kappa shape index (κ1) is 16.4. The molecule has 2 aromatic carbocycles. The van der Waals surface area contributed by atoms with E-state index in [1.165, 1.54) is 0 Å². The summed E-state index contributed by atoms with van der Waals surface area (Å²) >= 11 is 3.46. The predicted octanol–water partition coefficient (Wildman–Crippen LogP) is 2.98. The van der Waals surface area contributed by atoms with Gasteiger partial charge < -0.3 is 19.4 Å². The zero-order valence-corrected chi connectivity index (χ0v) is 15.8. The molecule has 0 fully saturated rings. The van der Waals surface area contributed by atoms with E-state index in [1.54, 1.807) is 12.3 Å². The zero-order valence-electron chi connectivity index (χ0n) is 14.3. The van der Waals surface area contributed by atoms with E-state index < -0.39 is 0 Å². The average Bonchev–Trinajstić information content (AvgIpc) is 3.29. The van der Waals surface area contributed by atoms with E-state index in [2.05, 4.69) is 21.2 Å². The third-order valence-electron chi connectivity index (χ3n) is 4.97. The summed E-state index contributed by atoms with van der Waals surface area (Å²) in [5.41, 5.74) is 2.85. The maximum Gasteiger partial charge on any atom is 0.257 e. The highest BCUT2D eigenvalue weighted by Crippen LogP contribution is 2.32. The summed E-state index contributed by atoms with van der Waals surface area (Å²) in [6.07, 6.45) is 2.53. The fraction of sp³-hybridized carbons (Fsp3) is 0.200. The molecule has 3 heterocycles. The molecule has 0 spiro atoms. The molecule has 27 heavy (non-hydrogen) atoms. The fourth-order valence-corrected chi connectivity index (χ4v) is 4.20. The minimum absolute atomic E-state index is 0.161. The summed E-state index contributed by atoms with van der Waals surface area (Å²) in [6.45, 7) is 1.28. The molecule has 0 bridgehead atoms. The summed E-state index contributed by atoms with van der Waals surface area (Å²) in [6, 6.07) is 9.33. The number of carbonyl (C=O) groups excluding carboxylic acids is 1. The number of halogens is 1. The Morgan fingerprint density at radius 2 is 2.04 bits per heavy atom. The lowest BCUT2D eigenvalue weighted by atomic mass is 10.1. The van der Waals surface area contributed by atoms with Gasteiger partial charge in [0.15, 0.2) is 11.5 Å². The van der Waals surface area contributed by atoms with Crippen LogP contribution in [0.15, 0.2) is 45.8 Å². The Morgan fingerprint density at radius 3 is 2.93 bits per heavy atom. The second kappa shape index (κ2) is 6.13. The van der Waals surface area contributed by atoms with Crippen LogP contribution in [-0.4, -0.2) is 17.3 Å². The van der Waals surface area contributed by atoms with Gasteiger partial charge in [-0.2, -0.15) is 0 Å². The van der Waals surface area contributed by atoms with Crippen molar-refractivity contribution in [2.24, 2.45) is 0 Å². The topological polar surface area (TPSA) is 69.6 Å². The van der Waals surface area contributed by atoms with Gasteiger partial charge in [0.1, 0.15) is 5.56 Å². The number of aromatic nitrogens is 1. The van der Waals surface area contributed by atoms with Crippen molar-refractivity contribution in [1.29, 1.82) is 0 Å². The summed E-state index contributed by atoms with van der Waals surface area (Å²) in [5.74, 6) is 0.983. The van der Waals surface area contributed by atoms with Gasteiger partial charge in [0, 0.05) is 29.1 Å². The third kappa shape index (κ3) is 2.70. The molecular weight excluding hydrogens is 412 g/mol. The molecule has 0 unspecified atom stereocenters. The number of amides is 1. The first-order valence-electron chi connectivity index (χ1n) is 8.62. The number of carbonyl (C=O) groups is 1. The highest BCUT2D eigenvalue weighted by atomic mass is 79.9. The van der Waals surface area contributed by atoms with Crippen molar-refractivity contribution in [2.45, 2.75) is 19.5 Å². The Balaban J connectivity index is 1.45. The van der Waals surface area contributed by atoms with Crippen molar-refractivity contribution < 1.29 is 14.3 Å². The van der Waals surface area contributed by atoms with E-state index in [1.807, 2.05) is 28.8 Å². The maximum absolute atomic E-state index is 12.9. The Labute approximate surface area is 162 Å². The molecule has 0 atom stereocenters. The number of rotatable bonds is 3. The van der Waals surface area contributed by atoms with Gasteiger partial charge in [0.25, 0.3) is 5.91 Å². The molecule has 7 heteroatoms. The number of nitrogens with one attached hydrogen (secondary N) is 1. The quantitative estimate of drug-likeness (QED) is 0.698. The van der Waals surface area contributed by atoms with Crippen LogP contribution in [0.2, 0.25) is 0 Å². The fourth-order valence-electron chi connectivity index (χ4n) is 3.69. The van der Waals surface area contributed by atoms with Crippen LogP contribution in [0, 0.1) is 0 Å². The largest absolute Gasteiger partial charge is 0.454 e. The molecule has 0 radical (unpaired) electrons. The number of benzene rings is 2. The highest BCUT2D eigenvalue weighted by Gasteiger charge is 2.21. The summed E-state index contributed by atoms with van der Waals surface area (Å²) in [5, 5.41) is 3.41. The highest BCUT2D eigenvalue weighted by molar-refractivity contribution is 9.10. The van der Waals surface area contributed by atoms with Crippen molar-refractivity contribution in [2.75, 3.05) is 6.79 Å². The molecular formula is C20H15BrN2O4. The minimum atomic E-state index is -0.378. The van der Waals surface area contributed by atoms with E-state index in [9.17, 15) is 9.59 Å². The van der Waals surface area contributed by atoms with E-state index in [-0.39, 0.29) is 23.7 Å². The Bertz CT molecular complexity index is 1170. The standard InChI is InChI=1S/C20H15BrN2O4/c21-13-6-12-3-4-23-9-15(19(24)14(7-13)18(12)23)20(25)22-8-11-1-2-16-17(5-11)27-10-26-16/h1-2,5-7,9H,3-4,8,10H2,(H,22,25). The van der Waals surface area contributed by atoms with Gasteiger partial charge in [-0.1, -0.05) is 22.0 Å². The van der Waals surface area contributed by atoms with Gasteiger partial charge in [0.2, 0.25) is 12.2 Å². The van der Waals surface area contributed by atoms with E-state index >= 15 is 0 Å². The van der Waals surface area contributed by atoms with E-state index in [4.69, 9.17) is 9.47 Å². The number of fused-ring (bicyclic) bond motifs is 1. The summed E-state index contributed by atoms with van der Waals surface area (Å²) in [4.78, 5) is 25.6. The first-order valence-corrected chi connectivity index (χ1v) is 9.42. The molecule has 1 amide bonds. The molecule has 6 nitrogen and oxygen atoms in total. The van der Waals surface area contributed by atoms with Gasteiger partial charge in [-0.15, -0.1) is 0 Å². The van der Waals surface area contributed by atoms with Crippen molar-refractivity contribution in [3.05, 3.63) is 67.9 Å². The van der Waals surface area contributed by atoms with Crippen LogP contribution in [-0.2, 0) is 19.5 Å². The van der Waals surface area contributed by atoms with Crippen LogP contribution >= 0.6 is 15.9 Å². The smallest absolute Gasteiger partial charge is 0.257 e. The summed E-state index contributed by atoms with van der Waals surface area (Å²) < 4.78 is 13.5. The first-order chi connectivity index (χ1) is 13.1. The van der Waals surface area contributed by atoms with Gasteiger partial charge in [-0.05, 0) is 41.8 Å². The molecule has 136 valence electrons. The monoisotopic (exact) mass is 426 g/mol. The number of aryl methyl sites for hydroxylation is 2.